The van der Waals surface area contributed by atoms with Crippen molar-refractivity contribution in [3.63, 3.8) is 0 Å². The van der Waals surface area contributed by atoms with E-state index in [4.69, 9.17) is 9.47 Å². The van der Waals surface area contributed by atoms with E-state index in [1.807, 2.05) is 51.1 Å². The van der Waals surface area contributed by atoms with Gasteiger partial charge in [-0.25, -0.2) is 0 Å². The highest BCUT2D eigenvalue weighted by Crippen LogP contribution is 2.45. The monoisotopic (exact) mass is 342 g/mol. The summed E-state index contributed by atoms with van der Waals surface area (Å²) < 4.78 is 25.2. The molecule has 0 saturated heterocycles. The topological polar surface area (TPSA) is 35.5 Å². The average Bonchev–Trinajstić information content (AvgIpc) is 2.90. The Morgan fingerprint density at radius 1 is 1.00 bits per heavy atom. The van der Waals surface area contributed by atoms with Crippen LogP contribution in [-0.2, 0) is 23.6 Å². The summed E-state index contributed by atoms with van der Waals surface area (Å²) in [5, 5.41) is 0. The molecular formula is C20H22O3S. The second-order valence-electron chi connectivity index (χ2n) is 7.52. The van der Waals surface area contributed by atoms with Gasteiger partial charge in [-0.2, -0.15) is 0 Å². The molecule has 4 rings (SSSR count). The predicted molar refractivity (Wildman–Crippen MR) is 95.1 cm³/mol. The molecule has 0 N–H and O–H groups in total. The number of para-hydroxylation sites is 2. The Kier molecular flexibility index (Phi) is 3.50. The Balaban J connectivity index is 1.72. The van der Waals surface area contributed by atoms with Gasteiger partial charge in [0, 0.05) is 16.7 Å². The lowest BCUT2D eigenvalue weighted by atomic mass is 9.96. The molecular weight excluding hydrogens is 320 g/mol. The largest absolute Gasteiger partial charge is 0.452 e. The standard InChI is InChI=1S/C20H22O3S/c1-19(2,3)24(21)17-10-6-8-14-11-12-20(23-18(14)17)13-15-7-4-5-9-16(15)22-20/h4-10H,11-13H2,1-3H3/t20-,24-/m0/s1. The lowest BCUT2D eigenvalue weighted by Crippen LogP contribution is -2.44. The van der Waals surface area contributed by atoms with Crippen molar-refractivity contribution < 1.29 is 13.7 Å². The Hall–Kier alpha value is -1.81. The van der Waals surface area contributed by atoms with E-state index in [9.17, 15) is 4.21 Å². The average molecular weight is 342 g/mol. The first-order valence-corrected chi connectivity index (χ1v) is 9.53. The van der Waals surface area contributed by atoms with Crippen molar-refractivity contribution in [1.29, 1.82) is 0 Å². The van der Waals surface area contributed by atoms with Gasteiger partial charge in [-0.3, -0.25) is 4.21 Å². The lowest BCUT2D eigenvalue weighted by Gasteiger charge is -2.36. The van der Waals surface area contributed by atoms with E-state index < -0.39 is 16.6 Å². The fourth-order valence-corrected chi connectivity index (χ4v) is 4.59. The molecule has 0 fully saturated rings. The summed E-state index contributed by atoms with van der Waals surface area (Å²) in [6.07, 6.45) is 2.41. The molecule has 126 valence electrons. The van der Waals surface area contributed by atoms with Gasteiger partial charge in [0.25, 0.3) is 5.79 Å². The summed E-state index contributed by atoms with van der Waals surface area (Å²) in [7, 11) is -1.14. The van der Waals surface area contributed by atoms with E-state index >= 15 is 0 Å². The van der Waals surface area contributed by atoms with Gasteiger partial charge in [-0.05, 0) is 44.9 Å². The van der Waals surface area contributed by atoms with Crippen molar-refractivity contribution >= 4 is 10.8 Å². The van der Waals surface area contributed by atoms with Crippen molar-refractivity contribution in [3.05, 3.63) is 53.6 Å². The third kappa shape index (κ3) is 2.53. The molecule has 2 aromatic rings. The van der Waals surface area contributed by atoms with E-state index in [1.165, 1.54) is 5.56 Å². The molecule has 0 radical (unpaired) electrons. The predicted octanol–water partition coefficient (Wildman–Crippen LogP) is 4.25. The molecule has 0 amide bonds. The van der Waals surface area contributed by atoms with Crippen LogP contribution in [0.2, 0.25) is 0 Å². The maximum Gasteiger partial charge on any atom is 0.255 e. The Bertz CT molecular complexity index is 795. The van der Waals surface area contributed by atoms with Gasteiger partial charge in [0.05, 0.1) is 22.1 Å². The number of benzene rings is 2. The second kappa shape index (κ2) is 5.35. The van der Waals surface area contributed by atoms with Crippen LogP contribution >= 0.6 is 0 Å². The van der Waals surface area contributed by atoms with Gasteiger partial charge in [0.1, 0.15) is 11.5 Å². The Morgan fingerprint density at radius 2 is 1.75 bits per heavy atom. The number of hydrogen-bond donors (Lipinski definition) is 0. The van der Waals surface area contributed by atoms with Crippen molar-refractivity contribution in [1.82, 2.24) is 0 Å². The molecule has 2 aliphatic rings. The fraction of sp³-hybridized carbons (Fsp3) is 0.400. The maximum absolute atomic E-state index is 13.0. The summed E-state index contributed by atoms with van der Waals surface area (Å²) in [6.45, 7) is 5.97. The molecule has 0 aromatic heterocycles. The zero-order valence-electron chi connectivity index (χ0n) is 14.3. The van der Waals surface area contributed by atoms with Crippen molar-refractivity contribution in [3.8, 4) is 11.5 Å². The molecule has 2 aliphatic heterocycles. The van der Waals surface area contributed by atoms with Crippen LogP contribution in [0.1, 0.15) is 38.3 Å². The van der Waals surface area contributed by atoms with Crippen LogP contribution in [0.25, 0.3) is 0 Å². The summed E-state index contributed by atoms with van der Waals surface area (Å²) in [5.41, 5.74) is 2.30. The van der Waals surface area contributed by atoms with Crippen molar-refractivity contribution in [2.45, 2.75) is 55.5 Å². The van der Waals surface area contributed by atoms with Gasteiger partial charge in [0.2, 0.25) is 0 Å². The zero-order valence-corrected chi connectivity index (χ0v) is 15.1. The van der Waals surface area contributed by atoms with Crippen LogP contribution in [0, 0.1) is 0 Å². The van der Waals surface area contributed by atoms with E-state index in [1.54, 1.807) is 0 Å². The quantitative estimate of drug-likeness (QED) is 0.777. The highest BCUT2D eigenvalue weighted by molar-refractivity contribution is 7.86. The highest BCUT2D eigenvalue weighted by atomic mass is 32.2. The molecule has 2 atom stereocenters. The van der Waals surface area contributed by atoms with Gasteiger partial charge in [-0.1, -0.05) is 30.3 Å². The van der Waals surface area contributed by atoms with Crippen LogP contribution in [0.15, 0.2) is 47.4 Å². The van der Waals surface area contributed by atoms with Gasteiger partial charge >= 0.3 is 0 Å². The van der Waals surface area contributed by atoms with Crippen molar-refractivity contribution in [2.24, 2.45) is 0 Å². The molecule has 24 heavy (non-hydrogen) atoms. The molecule has 1 spiro atoms. The first-order chi connectivity index (χ1) is 11.4. The minimum atomic E-state index is -1.14. The molecule has 3 nitrogen and oxygen atoms in total. The summed E-state index contributed by atoms with van der Waals surface area (Å²) in [6, 6.07) is 14.0. The zero-order chi connectivity index (χ0) is 16.9. The number of aryl methyl sites for hydroxylation is 1. The minimum absolute atomic E-state index is 0.331. The first kappa shape index (κ1) is 15.7. The maximum atomic E-state index is 13.0. The van der Waals surface area contributed by atoms with E-state index in [0.29, 0.717) is 0 Å². The minimum Gasteiger partial charge on any atom is -0.452 e. The summed E-state index contributed by atoms with van der Waals surface area (Å²) in [4.78, 5) is 0.777. The third-order valence-electron chi connectivity index (χ3n) is 4.61. The Labute approximate surface area is 145 Å². The van der Waals surface area contributed by atoms with E-state index in [-0.39, 0.29) is 4.75 Å². The summed E-state index contributed by atoms with van der Waals surface area (Å²) in [5.74, 6) is 0.995. The highest BCUT2D eigenvalue weighted by Gasteiger charge is 2.45. The number of ether oxygens (including phenoxy) is 2. The number of hydrogen-bond acceptors (Lipinski definition) is 3. The van der Waals surface area contributed by atoms with Crippen LogP contribution in [-0.4, -0.2) is 14.7 Å². The molecule has 0 aliphatic carbocycles. The fourth-order valence-electron chi connectivity index (χ4n) is 3.38. The lowest BCUT2D eigenvalue weighted by molar-refractivity contribution is -0.112. The smallest absolute Gasteiger partial charge is 0.255 e. The molecule has 2 aromatic carbocycles. The third-order valence-corrected chi connectivity index (χ3v) is 6.44. The van der Waals surface area contributed by atoms with E-state index in [0.717, 1.165) is 41.2 Å². The second-order valence-corrected chi connectivity index (χ2v) is 9.73. The van der Waals surface area contributed by atoms with Crippen molar-refractivity contribution in [2.75, 3.05) is 0 Å². The molecule has 4 heteroatoms. The SMILES string of the molecule is CC(C)(C)[S@@](=O)c1cccc2c1O[C@@]1(CC2)Cc2ccccc2O1. The summed E-state index contributed by atoms with van der Waals surface area (Å²) >= 11 is 0. The molecule has 0 saturated carbocycles. The van der Waals surface area contributed by atoms with Gasteiger partial charge < -0.3 is 9.47 Å². The normalized spacial score (nSPS) is 23.1. The van der Waals surface area contributed by atoms with Crippen LogP contribution in [0.3, 0.4) is 0 Å². The molecule has 2 heterocycles. The van der Waals surface area contributed by atoms with E-state index in [2.05, 4.69) is 12.1 Å². The molecule has 0 unspecified atom stereocenters. The number of fused-ring (bicyclic) bond motifs is 2. The van der Waals surface area contributed by atoms with Crippen LogP contribution < -0.4 is 9.47 Å². The first-order valence-electron chi connectivity index (χ1n) is 8.38. The van der Waals surface area contributed by atoms with Crippen LogP contribution in [0.4, 0.5) is 0 Å². The van der Waals surface area contributed by atoms with Gasteiger partial charge in [0.15, 0.2) is 0 Å². The molecule has 0 bridgehead atoms. The van der Waals surface area contributed by atoms with Gasteiger partial charge in [-0.15, -0.1) is 0 Å². The Morgan fingerprint density at radius 3 is 2.50 bits per heavy atom. The van der Waals surface area contributed by atoms with Crippen LogP contribution in [0.5, 0.6) is 11.5 Å². The number of rotatable bonds is 1.